The molecule has 1 unspecified atom stereocenters. The molecule has 0 spiro atoms. The minimum absolute atomic E-state index is 0.0867. The number of hydrogen-bond donors (Lipinski definition) is 2. The molecule has 1 aromatic heterocycles. The van der Waals surface area contributed by atoms with Crippen LogP contribution < -0.4 is 10.2 Å². The molecule has 4 rings (SSSR count). The summed E-state index contributed by atoms with van der Waals surface area (Å²) in [6.07, 6.45) is 0.841. The molecule has 0 saturated carbocycles. The molecular weight excluding hydrogens is 334 g/mol. The van der Waals surface area contributed by atoms with E-state index >= 15 is 0 Å². The van der Waals surface area contributed by atoms with Gasteiger partial charge in [-0.05, 0) is 12.5 Å². The Hall–Kier alpha value is -2.45. The lowest BCUT2D eigenvalue weighted by atomic mass is 9.92. The summed E-state index contributed by atoms with van der Waals surface area (Å²) in [7, 11) is 1.89. The summed E-state index contributed by atoms with van der Waals surface area (Å²) in [6.45, 7) is 3.37. The second-order valence-electron chi connectivity index (χ2n) is 6.93. The van der Waals surface area contributed by atoms with Crippen LogP contribution in [-0.4, -0.2) is 64.5 Å². The maximum atomic E-state index is 12.3. The number of aliphatic hydroxyl groups is 1. The number of piperazine rings is 1. The lowest BCUT2D eigenvalue weighted by molar-refractivity contribution is -0.134. The van der Waals surface area contributed by atoms with Gasteiger partial charge in [0.1, 0.15) is 0 Å². The van der Waals surface area contributed by atoms with Crippen LogP contribution in [0.15, 0.2) is 18.2 Å². The fourth-order valence-corrected chi connectivity index (χ4v) is 3.94. The highest BCUT2D eigenvalue weighted by Crippen LogP contribution is 2.34. The molecule has 2 N–H and O–H groups in total. The number of carbonyl (C=O) groups is 2. The number of hydrogen-bond acceptors (Lipinski definition) is 6. The lowest BCUT2D eigenvalue weighted by Crippen LogP contribution is -2.46. The highest BCUT2D eigenvalue weighted by Gasteiger charge is 2.32. The molecule has 2 fully saturated rings. The van der Waals surface area contributed by atoms with Crippen LogP contribution in [0, 0.1) is 0 Å². The molecule has 1 aromatic carbocycles. The molecule has 2 saturated heterocycles. The largest absolute Gasteiger partial charge is 0.381 e. The number of nitrogens with zero attached hydrogens (tertiary/aromatic N) is 4. The van der Waals surface area contributed by atoms with E-state index in [1.165, 1.54) is 0 Å². The molecule has 0 aliphatic carbocycles. The molecule has 0 bridgehead atoms. The second kappa shape index (κ2) is 6.69. The first-order chi connectivity index (χ1) is 12.6. The molecule has 0 radical (unpaired) electrons. The van der Waals surface area contributed by atoms with Crippen molar-refractivity contribution in [3.05, 3.63) is 23.9 Å². The lowest BCUT2D eigenvalue weighted by Gasteiger charge is -2.35. The summed E-state index contributed by atoms with van der Waals surface area (Å²) >= 11 is 0. The number of imide groups is 1. The van der Waals surface area contributed by atoms with E-state index in [0.29, 0.717) is 12.8 Å². The van der Waals surface area contributed by atoms with Crippen molar-refractivity contribution in [3.63, 3.8) is 0 Å². The summed E-state index contributed by atoms with van der Waals surface area (Å²) in [6, 6.07) is 6.06. The van der Waals surface area contributed by atoms with E-state index in [0.717, 1.165) is 48.5 Å². The van der Waals surface area contributed by atoms with E-state index in [1.54, 1.807) is 0 Å². The Morgan fingerprint density at radius 1 is 1.23 bits per heavy atom. The van der Waals surface area contributed by atoms with Crippen LogP contribution in [0.2, 0.25) is 0 Å². The zero-order chi connectivity index (χ0) is 18.3. The zero-order valence-electron chi connectivity index (χ0n) is 14.8. The van der Waals surface area contributed by atoms with Gasteiger partial charge in [-0.3, -0.25) is 24.5 Å². The third-order valence-electron chi connectivity index (χ3n) is 5.35. The highest BCUT2D eigenvalue weighted by atomic mass is 16.3. The summed E-state index contributed by atoms with van der Waals surface area (Å²) in [5.41, 5.74) is 2.83. The molecule has 26 heavy (non-hydrogen) atoms. The van der Waals surface area contributed by atoms with Crippen molar-refractivity contribution in [3.8, 4) is 0 Å². The van der Waals surface area contributed by atoms with Crippen molar-refractivity contribution in [1.82, 2.24) is 20.0 Å². The zero-order valence-corrected chi connectivity index (χ0v) is 14.8. The quantitative estimate of drug-likeness (QED) is 0.761. The normalized spacial score (nSPS) is 22.1. The van der Waals surface area contributed by atoms with Gasteiger partial charge in [-0.25, -0.2) is 0 Å². The van der Waals surface area contributed by atoms with Crippen molar-refractivity contribution >= 4 is 28.4 Å². The van der Waals surface area contributed by atoms with E-state index in [2.05, 4.69) is 21.4 Å². The smallest absolute Gasteiger partial charge is 0.235 e. The summed E-state index contributed by atoms with van der Waals surface area (Å²) in [4.78, 5) is 28.0. The number of benzene rings is 1. The second-order valence-corrected chi connectivity index (χ2v) is 6.93. The van der Waals surface area contributed by atoms with Crippen LogP contribution in [0.1, 0.15) is 24.5 Å². The molecule has 2 amide bonds. The Labute approximate surface area is 151 Å². The summed E-state index contributed by atoms with van der Waals surface area (Å²) in [5.74, 6) is -0.866. The molecule has 1 atom stereocenters. The van der Waals surface area contributed by atoms with Crippen molar-refractivity contribution in [2.24, 2.45) is 7.05 Å². The van der Waals surface area contributed by atoms with E-state index in [1.807, 2.05) is 28.8 Å². The van der Waals surface area contributed by atoms with Gasteiger partial charge < -0.3 is 10.0 Å². The van der Waals surface area contributed by atoms with Crippen LogP contribution in [0.25, 0.3) is 10.9 Å². The fourth-order valence-electron chi connectivity index (χ4n) is 3.94. The first kappa shape index (κ1) is 17.0. The molecule has 138 valence electrons. The predicted octanol–water partition coefficient (Wildman–Crippen LogP) is 0.165. The van der Waals surface area contributed by atoms with Gasteiger partial charge >= 0.3 is 0 Å². The number of para-hydroxylation sites is 1. The van der Waals surface area contributed by atoms with E-state index in [-0.39, 0.29) is 18.5 Å². The van der Waals surface area contributed by atoms with Crippen LogP contribution in [0.4, 0.5) is 5.69 Å². The SMILES string of the molecule is Cn1nc(C2CCC(=O)NC2=O)c2cccc(N3CCN(CO)CC3)c21. The van der Waals surface area contributed by atoms with Crippen LogP contribution in [0.3, 0.4) is 0 Å². The standard InChI is InChI=1S/C18H23N5O3/c1-21-17-12(16(20-21)13-5-6-15(25)19-18(13)26)3-2-4-14(17)23-9-7-22(11-24)8-10-23/h2-4,13,24H,5-11H2,1H3,(H,19,25,26). The Morgan fingerprint density at radius 3 is 2.69 bits per heavy atom. The van der Waals surface area contributed by atoms with Crippen molar-refractivity contribution in [1.29, 1.82) is 0 Å². The number of aliphatic hydroxyl groups excluding tert-OH is 1. The highest BCUT2D eigenvalue weighted by molar-refractivity contribution is 6.03. The first-order valence-corrected chi connectivity index (χ1v) is 8.96. The summed E-state index contributed by atoms with van der Waals surface area (Å²) < 4.78 is 1.84. The van der Waals surface area contributed by atoms with Gasteiger partial charge in [-0.2, -0.15) is 5.10 Å². The molecule has 2 aromatic rings. The molecule has 3 heterocycles. The van der Waals surface area contributed by atoms with Crippen molar-refractivity contribution in [2.75, 3.05) is 37.8 Å². The number of amides is 2. The molecule has 2 aliphatic rings. The monoisotopic (exact) mass is 357 g/mol. The fraction of sp³-hybridized carbons (Fsp3) is 0.500. The van der Waals surface area contributed by atoms with Crippen LogP contribution in [0.5, 0.6) is 0 Å². The number of anilines is 1. The van der Waals surface area contributed by atoms with Gasteiger partial charge in [-0.1, -0.05) is 12.1 Å². The van der Waals surface area contributed by atoms with Gasteiger partial charge in [0.2, 0.25) is 11.8 Å². The van der Waals surface area contributed by atoms with E-state index in [4.69, 9.17) is 0 Å². The van der Waals surface area contributed by atoms with Gasteiger partial charge in [-0.15, -0.1) is 0 Å². The number of aromatic nitrogens is 2. The minimum atomic E-state index is -0.391. The van der Waals surface area contributed by atoms with Gasteiger partial charge in [0.25, 0.3) is 0 Å². The summed E-state index contributed by atoms with van der Waals surface area (Å²) in [5, 5.41) is 17.3. The van der Waals surface area contributed by atoms with Crippen LogP contribution >= 0.6 is 0 Å². The average molecular weight is 357 g/mol. The molecular formula is C18H23N5O3. The van der Waals surface area contributed by atoms with Crippen molar-refractivity contribution in [2.45, 2.75) is 18.8 Å². The van der Waals surface area contributed by atoms with E-state index in [9.17, 15) is 14.7 Å². The topological polar surface area (TPSA) is 90.7 Å². The third kappa shape index (κ3) is 2.85. The number of carbonyl (C=O) groups excluding carboxylic acids is 2. The first-order valence-electron chi connectivity index (χ1n) is 8.96. The number of fused-ring (bicyclic) bond motifs is 1. The van der Waals surface area contributed by atoms with E-state index < -0.39 is 5.92 Å². The Morgan fingerprint density at radius 2 is 2.00 bits per heavy atom. The predicted molar refractivity (Wildman–Crippen MR) is 96.7 cm³/mol. The average Bonchev–Trinajstić information content (AvgIpc) is 2.99. The maximum absolute atomic E-state index is 12.3. The number of rotatable bonds is 3. The molecule has 8 nitrogen and oxygen atoms in total. The van der Waals surface area contributed by atoms with Gasteiger partial charge in [0.05, 0.1) is 29.5 Å². The van der Waals surface area contributed by atoms with Gasteiger partial charge in [0.15, 0.2) is 0 Å². The Kier molecular flexibility index (Phi) is 4.37. The Bertz CT molecular complexity index is 854. The molecule has 8 heteroatoms. The maximum Gasteiger partial charge on any atom is 0.235 e. The van der Waals surface area contributed by atoms with Gasteiger partial charge in [0, 0.05) is 45.0 Å². The minimum Gasteiger partial charge on any atom is -0.381 e. The number of aryl methyl sites for hydroxylation is 1. The number of nitrogens with one attached hydrogen (secondary N) is 1. The molecule has 2 aliphatic heterocycles. The van der Waals surface area contributed by atoms with Crippen LogP contribution in [-0.2, 0) is 16.6 Å². The van der Waals surface area contributed by atoms with Crippen molar-refractivity contribution < 1.29 is 14.7 Å². The number of piperidine rings is 1. The Balaban J connectivity index is 1.71. The third-order valence-corrected chi connectivity index (χ3v) is 5.35.